The van der Waals surface area contributed by atoms with Crippen molar-refractivity contribution in [3.8, 4) is 0 Å². The molecule has 1 atom stereocenters. The van der Waals surface area contributed by atoms with E-state index in [-0.39, 0.29) is 0 Å². The number of pyridine rings is 1. The molecule has 10 heteroatoms. The van der Waals surface area contributed by atoms with E-state index in [0.717, 1.165) is 0 Å². The Labute approximate surface area is 109 Å². The van der Waals surface area contributed by atoms with E-state index < -0.39 is 47.5 Å². The highest BCUT2D eigenvalue weighted by Crippen LogP contribution is 2.26. The van der Waals surface area contributed by atoms with Gasteiger partial charge in [0.1, 0.15) is 11.3 Å². The molecule has 0 unspecified atom stereocenters. The first-order chi connectivity index (χ1) is 9.16. The van der Waals surface area contributed by atoms with Crippen molar-refractivity contribution >= 4 is 11.9 Å². The second-order valence-corrected chi connectivity index (χ2v) is 3.66. The minimum atomic E-state index is -4.77. The third-order valence-corrected chi connectivity index (χ3v) is 2.25. The molecule has 1 heterocycles. The lowest BCUT2D eigenvalue weighted by Crippen LogP contribution is -2.44. The summed E-state index contributed by atoms with van der Waals surface area (Å²) in [5, 5.41) is 19.1. The predicted octanol–water partition coefficient (Wildman–Crippen LogP) is -0.431. The fraction of sp³-hybridized carbons (Fsp3) is 0.300. The second kappa shape index (κ2) is 5.74. The standard InChI is InChI=1S/C10H9F3N2O5/c11-10(12,13)6-2-1-4(8(18)15-6)7(17)14-5(3-16)9(19)20/h1-2,5,16H,3H2,(H,14,17)(H,15,18)(H,19,20)/t5-/m0/s1. The van der Waals surface area contributed by atoms with Crippen LogP contribution in [0.15, 0.2) is 16.9 Å². The molecule has 0 saturated heterocycles. The van der Waals surface area contributed by atoms with Crippen molar-refractivity contribution in [1.29, 1.82) is 0 Å². The smallest absolute Gasteiger partial charge is 0.431 e. The SMILES string of the molecule is O=C(N[C@@H](CO)C(=O)O)c1ccc(C(F)(F)F)[nH]c1=O. The summed E-state index contributed by atoms with van der Waals surface area (Å²) < 4.78 is 36.9. The quantitative estimate of drug-likeness (QED) is 0.600. The molecule has 0 spiro atoms. The summed E-state index contributed by atoms with van der Waals surface area (Å²) in [5.41, 5.74) is -3.35. The van der Waals surface area contributed by atoms with Gasteiger partial charge in [-0.3, -0.25) is 9.59 Å². The number of H-pyrrole nitrogens is 1. The largest absolute Gasteiger partial charge is 0.480 e. The number of amides is 1. The van der Waals surface area contributed by atoms with Crippen molar-refractivity contribution in [2.75, 3.05) is 6.61 Å². The van der Waals surface area contributed by atoms with Gasteiger partial charge in [0.2, 0.25) is 0 Å². The van der Waals surface area contributed by atoms with Crippen molar-refractivity contribution in [3.05, 3.63) is 33.7 Å². The average molecular weight is 294 g/mol. The first kappa shape index (κ1) is 15.7. The highest BCUT2D eigenvalue weighted by Gasteiger charge is 2.32. The minimum absolute atomic E-state index is 0.477. The number of hydrogen-bond donors (Lipinski definition) is 4. The Hall–Kier alpha value is -2.36. The Balaban J connectivity index is 3.01. The van der Waals surface area contributed by atoms with E-state index in [9.17, 15) is 27.6 Å². The zero-order chi connectivity index (χ0) is 15.5. The van der Waals surface area contributed by atoms with Crippen LogP contribution < -0.4 is 10.9 Å². The number of carboxylic acids is 1. The number of carbonyl (C=O) groups is 2. The van der Waals surface area contributed by atoms with Gasteiger partial charge in [-0.25, -0.2) is 4.79 Å². The van der Waals surface area contributed by atoms with Crippen molar-refractivity contribution < 1.29 is 33.0 Å². The molecule has 0 radical (unpaired) electrons. The summed E-state index contributed by atoms with van der Waals surface area (Å²) >= 11 is 0. The molecule has 7 nitrogen and oxygen atoms in total. The molecule has 0 aliphatic carbocycles. The van der Waals surface area contributed by atoms with Gasteiger partial charge >= 0.3 is 12.1 Å². The number of aromatic nitrogens is 1. The molecule has 4 N–H and O–H groups in total. The number of aromatic amines is 1. The zero-order valence-electron chi connectivity index (χ0n) is 9.69. The van der Waals surface area contributed by atoms with E-state index in [0.29, 0.717) is 12.1 Å². The van der Waals surface area contributed by atoms with Crippen LogP contribution >= 0.6 is 0 Å². The van der Waals surface area contributed by atoms with E-state index in [1.54, 1.807) is 5.32 Å². The third kappa shape index (κ3) is 3.57. The van der Waals surface area contributed by atoms with E-state index in [1.807, 2.05) is 0 Å². The van der Waals surface area contributed by atoms with Crippen LogP contribution in [0.2, 0.25) is 0 Å². The maximum Gasteiger partial charge on any atom is 0.431 e. The molecule has 1 rings (SSSR count). The van der Waals surface area contributed by atoms with Gasteiger partial charge < -0.3 is 20.5 Å². The molecule has 0 aromatic carbocycles. The molecule has 1 aromatic rings. The number of hydrogen-bond acceptors (Lipinski definition) is 4. The summed E-state index contributed by atoms with van der Waals surface area (Å²) in [6.45, 7) is -0.931. The first-order valence-electron chi connectivity index (χ1n) is 5.12. The lowest BCUT2D eigenvalue weighted by molar-refractivity contribution is -0.141. The monoisotopic (exact) mass is 294 g/mol. The number of aliphatic hydroxyl groups excluding tert-OH is 1. The summed E-state index contributed by atoms with van der Waals surface area (Å²) in [6.07, 6.45) is -4.77. The lowest BCUT2D eigenvalue weighted by Gasteiger charge is -2.11. The van der Waals surface area contributed by atoms with Gasteiger partial charge in [-0.05, 0) is 12.1 Å². The van der Waals surface area contributed by atoms with Gasteiger partial charge in [-0.1, -0.05) is 0 Å². The molecule has 1 amide bonds. The maximum atomic E-state index is 12.3. The molecule has 0 bridgehead atoms. The van der Waals surface area contributed by atoms with Crippen molar-refractivity contribution in [2.45, 2.75) is 12.2 Å². The van der Waals surface area contributed by atoms with Crippen LogP contribution in [0, 0.1) is 0 Å². The molecule has 110 valence electrons. The van der Waals surface area contributed by atoms with E-state index in [4.69, 9.17) is 10.2 Å². The van der Waals surface area contributed by atoms with Gasteiger partial charge in [0.15, 0.2) is 6.04 Å². The fourth-order valence-corrected chi connectivity index (χ4v) is 1.24. The Morgan fingerprint density at radius 1 is 1.35 bits per heavy atom. The average Bonchev–Trinajstić information content (AvgIpc) is 2.33. The Bertz CT molecular complexity index is 581. The first-order valence-corrected chi connectivity index (χ1v) is 5.12. The molecule has 0 aliphatic rings. The number of alkyl halides is 3. The van der Waals surface area contributed by atoms with Crippen molar-refractivity contribution in [1.82, 2.24) is 10.3 Å². The zero-order valence-corrected chi connectivity index (χ0v) is 9.69. The van der Waals surface area contributed by atoms with Gasteiger partial charge in [0.25, 0.3) is 11.5 Å². The van der Waals surface area contributed by atoms with Gasteiger partial charge in [-0.15, -0.1) is 0 Å². The van der Waals surface area contributed by atoms with Gasteiger partial charge in [0.05, 0.1) is 6.61 Å². The second-order valence-electron chi connectivity index (χ2n) is 3.66. The Kier molecular flexibility index (Phi) is 4.50. The van der Waals surface area contributed by atoms with Crippen LogP contribution in [0.1, 0.15) is 16.1 Å². The summed E-state index contributed by atoms with van der Waals surface area (Å²) in [4.78, 5) is 34.9. The highest BCUT2D eigenvalue weighted by molar-refractivity contribution is 5.96. The maximum absolute atomic E-state index is 12.3. The van der Waals surface area contributed by atoms with Crippen LogP contribution in [0.5, 0.6) is 0 Å². The van der Waals surface area contributed by atoms with E-state index in [1.165, 1.54) is 4.98 Å². The molecular formula is C10H9F3N2O5. The number of carboxylic acid groups (broad SMARTS) is 1. The Morgan fingerprint density at radius 2 is 1.95 bits per heavy atom. The van der Waals surface area contributed by atoms with E-state index in [2.05, 4.69) is 0 Å². The molecule has 0 aliphatic heterocycles. The van der Waals surface area contributed by atoms with E-state index >= 15 is 0 Å². The summed E-state index contributed by atoms with van der Waals surface area (Å²) in [7, 11) is 0. The van der Waals surface area contributed by atoms with Crippen molar-refractivity contribution in [2.24, 2.45) is 0 Å². The third-order valence-electron chi connectivity index (χ3n) is 2.25. The van der Waals surface area contributed by atoms with Gasteiger partial charge in [0, 0.05) is 0 Å². The van der Waals surface area contributed by atoms with Crippen LogP contribution in [0.3, 0.4) is 0 Å². The normalized spacial score (nSPS) is 12.8. The summed E-state index contributed by atoms with van der Waals surface area (Å²) in [5.74, 6) is -2.76. The molecule has 1 aromatic heterocycles. The van der Waals surface area contributed by atoms with Crippen LogP contribution in [0.25, 0.3) is 0 Å². The molecule has 0 saturated carbocycles. The number of rotatable bonds is 4. The highest BCUT2D eigenvalue weighted by atomic mass is 19.4. The van der Waals surface area contributed by atoms with Crippen LogP contribution in [0.4, 0.5) is 13.2 Å². The topological polar surface area (TPSA) is 119 Å². The minimum Gasteiger partial charge on any atom is -0.480 e. The predicted molar refractivity (Wildman–Crippen MR) is 58.0 cm³/mol. The van der Waals surface area contributed by atoms with Gasteiger partial charge in [-0.2, -0.15) is 13.2 Å². The lowest BCUT2D eigenvalue weighted by atomic mass is 10.2. The van der Waals surface area contributed by atoms with Crippen LogP contribution in [-0.2, 0) is 11.0 Å². The number of aliphatic carboxylic acids is 1. The molecular weight excluding hydrogens is 285 g/mol. The summed E-state index contributed by atoms with van der Waals surface area (Å²) in [6, 6.07) is -0.567. The Morgan fingerprint density at radius 3 is 2.35 bits per heavy atom. The number of halogens is 3. The number of aliphatic hydroxyl groups is 1. The molecule has 20 heavy (non-hydrogen) atoms. The van der Waals surface area contributed by atoms with Crippen LogP contribution in [-0.4, -0.2) is 39.7 Å². The number of carbonyl (C=O) groups excluding carboxylic acids is 1. The number of nitrogens with one attached hydrogen (secondary N) is 2. The molecule has 0 fully saturated rings. The fourth-order valence-electron chi connectivity index (χ4n) is 1.24. The van der Waals surface area contributed by atoms with Crippen molar-refractivity contribution in [3.63, 3.8) is 0 Å².